The fourth-order valence-electron chi connectivity index (χ4n) is 5.62. The normalized spacial score (nSPS) is 11.4. The van der Waals surface area contributed by atoms with Crippen LogP contribution in [-0.2, 0) is 35.2 Å². The summed E-state index contributed by atoms with van der Waals surface area (Å²) in [5.41, 5.74) is 4.93. The third-order valence-corrected chi connectivity index (χ3v) is 7.08. The second-order valence-corrected chi connectivity index (χ2v) is 8.55. The minimum absolute atomic E-state index is 0.329. The Kier molecular flexibility index (Phi) is 6.60. The van der Waals surface area contributed by atoms with Crippen LogP contribution in [0.4, 0.5) is 0 Å². The number of hydrogen-bond acceptors (Lipinski definition) is 4. The van der Waals surface area contributed by atoms with Crippen LogP contribution in [0.1, 0.15) is 70.7 Å². The number of rotatable bonds is 6. The SMILES string of the molecule is CCc1c(C(=O)OC)c(C(=O)OC)c(CC)c2cc3c(CC)c4ccccc4c(CC)c3cc12. The van der Waals surface area contributed by atoms with Crippen molar-refractivity contribution < 1.29 is 19.1 Å². The highest BCUT2D eigenvalue weighted by Gasteiger charge is 2.28. The molecule has 176 valence electrons. The van der Waals surface area contributed by atoms with Crippen LogP contribution >= 0.6 is 0 Å². The molecule has 4 nitrogen and oxygen atoms in total. The highest BCUT2D eigenvalue weighted by molar-refractivity contribution is 6.16. The van der Waals surface area contributed by atoms with Gasteiger partial charge in [0.05, 0.1) is 25.3 Å². The fraction of sp³-hybridized carbons (Fsp3) is 0.333. The Labute approximate surface area is 200 Å². The van der Waals surface area contributed by atoms with E-state index in [0.717, 1.165) is 34.7 Å². The Morgan fingerprint density at radius 3 is 1.18 bits per heavy atom. The minimum Gasteiger partial charge on any atom is -0.465 e. The average molecular weight is 457 g/mol. The lowest BCUT2D eigenvalue weighted by atomic mass is 9.82. The molecule has 34 heavy (non-hydrogen) atoms. The number of fused-ring (bicyclic) bond motifs is 3. The Hall–Kier alpha value is -3.40. The fourth-order valence-corrected chi connectivity index (χ4v) is 5.62. The molecular formula is C30H32O4. The largest absolute Gasteiger partial charge is 0.465 e. The predicted octanol–water partition coefficient (Wildman–Crippen LogP) is 6.97. The van der Waals surface area contributed by atoms with E-state index in [1.807, 2.05) is 13.8 Å². The number of esters is 2. The first kappa shape index (κ1) is 23.7. The van der Waals surface area contributed by atoms with Crippen LogP contribution in [0.15, 0.2) is 36.4 Å². The summed E-state index contributed by atoms with van der Waals surface area (Å²) in [5.74, 6) is -1.00. The van der Waals surface area contributed by atoms with Crippen LogP contribution < -0.4 is 0 Å². The van der Waals surface area contributed by atoms with Gasteiger partial charge < -0.3 is 9.47 Å². The van der Waals surface area contributed by atoms with Gasteiger partial charge in [-0.2, -0.15) is 0 Å². The summed E-state index contributed by atoms with van der Waals surface area (Å²) < 4.78 is 10.3. The van der Waals surface area contributed by atoms with Crippen molar-refractivity contribution >= 4 is 44.3 Å². The molecule has 0 amide bonds. The van der Waals surface area contributed by atoms with Gasteiger partial charge in [0.2, 0.25) is 0 Å². The summed E-state index contributed by atoms with van der Waals surface area (Å²) in [6, 6.07) is 13.1. The van der Waals surface area contributed by atoms with Crippen molar-refractivity contribution in [2.24, 2.45) is 0 Å². The minimum atomic E-state index is -0.502. The van der Waals surface area contributed by atoms with Gasteiger partial charge in [-0.1, -0.05) is 52.0 Å². The van der Waals surface area contributed by atoms with E-state index >= 15 is 0 Å². The molecule has 0 saturated heterocycles. The average Bonchev–Trinajstić information content (AvgIpc) is 2.88. The maximum Gasteiger partial charge on any atom is 0.339 e. The molecule has 0 aliphatic heterocycles. The summed E-state index contributed by atoms with van der Waals surface area (Å²) >= 11 is 0. The summed E-state index contributed by atoms with van der Waals surface area (Å²) in [6.07, 6.45) is 2.99. The predicted molar refractivity (Wildman–Crippen MR) is 139 cm³/mol. The molecule has 0 N–H and O–H groups in total. The Morgan fingerprint density at radius 2 is 0.882 bits per heavy atom. The molecule has 0 aliphatic carbocycles. The van der Waals surface area contributed by atoms with Crippen molar-refractivity contribution in [3.63, 3.8) is 0 Å². The van der Waals surface area contributed by atoms with E-state index in [9.17, 15) is 9.59 Å². The number of carbonyl (C=O) groups excluding carboxylic acids is 2. The van der Waals surface area contributed by atoms with Gasteiger partial charge in [0.15, 0.2) is 0 Å². The molecule has 0 spiro atoms. The quantitative estimate of drug-likeness (QED) is 0.232. The monoisotopic (exact) mass is 456 g/mol. The van der Waals surface area contributed by atoms with Crippen LogP contribution in [0.3, 0.4) is 0 Å². The molecule has 0 radical (unpaired) electrons. The third kappa shape index (κ3) is 3.44. The van der Waals surface area contributed by atoms with E-state index in [2.05, 4.69) is 50.2 Å². The van der Waals surface area contributed by atoms with Gasteiger partial charge in [0.25, 0.3) is 0 Å². The van der Waals surface area contributed by atoms with Crippen molar-refractivity contribution in [1.82, 2.24) is 0 Å². The molecule has 0 saturated carbocycles. The Bertz CT molecular complexity index is 1340. The molecule has 0 aliphatic rings. The van der Waals surface area contributed by atoms with Gasteiger partial charge in [0.1, 0.15) is 0 Å². The lowest BCUT2D eigenvalue weighted by Crippen LogP contribution is -2.18. The van der Waals surface area contributed by atoms with Crippen molar-refractivity contribution in [2.75, 3.05) is 14.2 Å². The molecule has 0 fully saturated rings. The standard InChI is InChI=1S/C30H32O4/c1-7-17-21-13-11-12-14-22(21)18(8-2)24-16-26-20(10-4)28(30(32)34-6)27(29(31)33-5)19(9-3)25(26)15-23(17)24/h11-16H,7-10H2,1-6H3. The summed E-state index contributed by atoms with van der Waals surface area (Å²) in [5, 5.41) is 7.00. The smallest absolute Gasteiger partial charge is 0.339 e. The van der Waals surface area contributed by atoms with Gasteiger partial charge in [-0.05, 0) is 92.4 Å². The molecule has 0 unspecified atom stereocenters. The molecule has 4 aromatic carbocycles. The molecule has 0 aromatic heterocycles. The van der Waals surface area contributed by atoms with Gasteiger partial charge in [-0.25, -0.2) is 9.59 Å². The molecule has 4 heteroatoms. The number of methoxy groups -OCH3 is 2. The molecule has 0 atom stereocenters. The second kappa shape index (κ2) is 9.46. The van der Waals surface area contributed by atoms with Crippen LogP contribution in [0.25, 0.3) is 32.3 Å². The van der Waals surface area contributed by atoms with Gasteiger partial charge in [0, 0.05) is 0 Å². The second-order valence-electron chi connectivity index (χ2n) is 8.55. The highest BCUT2D eigenvalue weighted by Crippen LogP contribution is 2.40. The number of hydrogen-bond donors (Lipinski definition) is 0. The zero-order valence-corrected chi connectivity index (χ0v) is 20.9. The van der Waals surface area contributed by atoms with Crippen molar-refractivity contribution in [3.05, 3.63) is 69.8 Å². The molecule has 0 heterocycles. The topological polar surface area (TPSA) is 52.6 Å². The maximum absolute atomic E-state index is 13.0. The first-order chi connectivity index (χ1) is 16.5. The van der Waals surface area contributed by atoms with Crippen molar-refractivity contribution in [3.8, 4) is 0 Å². The number of carbonyl (C=O) groups is 2. The van der Waals surface area contributed by atoms with E-state index in [0.29, 0.717) is 24.0 Å². The van der Waals surface area contributed by atoms with Crippen LogP contribution in [0.2, 0.25) is 0 Å². The van der Waals surface area contributed by atoms with E-state index in [1.165, 1.54) is 46.9 Å². The zero-order chi connectivity index (χ0) is 24.6. The van der Waals surface area contributed by atoms with E-state index < -0.39 is 11.9 Å². The Morgan fingerprint density at radius 1 is 0.559 bits per heavy atom. The number of aryl methyl sites for hydroxylation is 4. The van der Waals surface area contributed by atoms with Gasteiger partial charge >= 0.3 is 11.9 Å². The maximum atomic E-state index is 13.0. The molecule has 0 bridgehead atoms. The lowest BCUT2D eigenvalue weighted by Gasteiger charge is -2.22. The lowest BCUT2D eigenvalue weighted by molar-refractivity contribution is 0.0553. The van der Waals surface area contributed by atoms with E-state index in [-0.39, 0.29) is 0 Å². The van der Waals surface area contributed by atoms with E-state index in [1.54, 1.807) is 0 Å². The highest BCUT2D eigenvalue weighted by atomic mass is 16.5. The summed E-state index contributed by atoms with van der Waals surface area (Å²) in [6.45, 7) is 8.40. The zero-order valence-electron chi connectivity index (χ0n) is 20.9. The van der Waals surface area contributed by atoms with Gasteiger partial charge in [-0.15, -0.1) is 0 Å². The van der Waals surface area contributed by atoms with Crippen molar-refractivity contribution in [2.45, 2.75) is 53.4 Å². The van der Waals surface area contributed by atoms with Crippen LogP contribution in [0.5, 0.6) is 0 Å². The first-order valence-corrected chi connectivity index (χ1v) is 12.1. The first-order valence-electron chi connectivity index (χ1n) is 12.1. The van der Waals surface area contributed by atoms with Crippen LogP contribution in [0, 0.1) is 0 Å². The van der Waals surface area contributed by atoms with Crippen molar-refractivity contribution in [1.29, 1.82) is 0 Å². The van der Waals surface area contributed by atoms with Crippen LogP contribution in [-0.4, -0.2) is 26.2 Å². The Balaban J connectivity index is 2.34. The number of benzene rings is 4. The molecular weight excluding hydrogens is 424 g/mol. The summed E-state index contributed by atoms with van der Waals surface area (Å²) in [4.78, 5) is 26.0. The molecule has 4 aromatic rings. The summed E-state index contributed by atoms with van der Waals surface area (Å²) in [7, 11) is 2.71. The van der Waals surface area contributed by atoms with E-state index in [4.69, 9.17) is 9.47 Å². The number of ether oxygens (including phenoxy) is 2. The van der Waals surface area contributed by atoms with Gasteiger partial charge in [-0.3, -0.25) is 0 Å². The molecule has 4 rings (SSSR count). The third-order valence-electron chi connectivity index (χ3n) is 7.08.